The van der Waals surface area contributed by atoms with Crippen molar-refractivity contribution in [2.75, 3.05) is 19.8 Å². The maximum absolute atomic E-state index is 9.66. The maximum Gasteiger partial charge on any atom is 0.221 e. The Hall–Kier alpha value is -1.62. The van der Waals surface area contributed by atoms with Crippen molar-refractivity contribution in [3.8, 4) is 5.75 Å². The second-order valence-corrected chi connectivity index (χ2v) is 3.85. The van der Waals surface area contributed by atoms with Crippen LogP contribution in [0.1, 0.15) is 0 Å². The van der Waals surface area contributed by atoms with E-state index in [4.69, 9.17) is 14.6 Å². The van der Waals surface area contributed by atoms with Gasteiger partial charge in [-0.05, 0) is 11.5 Å². The summed E-state index contributed by atoms with van der Waals surface area (Å²) in [7, 11) is 0. The molecule has 2 aromatic rings. The number of benzene rings is 2. The lowest BCUT2D eigenvalue weighted by molar-refractivity contribution is -0.0802. The van der Waals surface area contributed by atoms with Gasteiger partial charge in [-0.3, -0.25) is 0 Å². The van der Waals surface area contributed by atoms with Crippen molar-refractivity contribution < 1.29 is 19.7 Å². The molecule has 0 bridgehead atoms. The number of aliphatic hydroxyl groups excluding tert-OH is 2. The summed E-state index contributed by atoms with van der Waals surface area (Å²) in [5.74, 6) is 0.619. The summed E-state index contributed by atoms with van der Waals surface area (Å²) >= 11 is 0. The molecule has 0 amide bonds. The minimum atomic E-state index is -1.04. The highest BCUT2D eigenvalue weighted by atomic mass is 16.6. The fourth-order valence-corrected chi connectivity index (χ4v) is 1.73. The fraction of sp³-hybridized carbons (Fsp3) is 0.286. The summed E-state index contributed by atoms with van der Waals surface area (Å²) in [5, 5.41) is 20.2. The van der Waals surface area contributed by atoms with E-state index in [2.05, 4.69) is 0 Å². The molecule has 0 heterocycles. The zero-order valence-corrected chi connectivity index (χ0v) is 9.95. The Kier molecular flexibility index (Phi) is 4.52. The minimum Gasteiger partial charge on any atom is -0.462 e. The molecule has 0 spiro atoms. The fourth-order valence-electron chi connectivity index (χ4n) is 1.73. The topological polar surface area (TPSA) is 58.9 Å². The molecule has 0 fully saturated rings. The molecular formula is C14H16O4. The molecule has 0 radical (unpaired) electrons. The van der Waals surface area contributed by atoms with Gasteiger partial charge in [-0.1, -0.05) is 36.4 Å². The summed E-state index contributed by atoms with van der Waals surface area (Å²) in [6, 6.07) is 13.5. The first-order valence-electron chi connectivity index (χ1n) is 5.82. The number of hydrogen-bond acceptors (Lipinski definition) is 4. The van der Waals surface area contributed by atoms with Crippen LogP contribution in [0.5, 0.6) is 5.75 Å². The highest BCUT2D eigenvalue weighted by Gasteiger charge is 2.08. The van der Waals surface area contributed by atoms with E-state index in [0.29, 0.717) is 5.75 Å². The van der Waals surface area contributed by atoms with Crippen molar-refractivity contribution >= 4 is 10.8 Å². The van der Waals surface area contributed by atoms with E-state index in [1.165, 1.54) is 0 Å². The smallest absolute Gasteiger partial charge is 0.221 e. The molecule has 0 aliphatic heterocycles. The Bertz CT molecular complexity index is 493. The van der Waals surface area contributed by atoms with Gasteiger partial charge in [-0.2, -0.15) is 0 Å². The highest BCUT2D eigenvalue weighted by Crippen LogP contribution is 2.25. The number of aliphatic hydroxyl groups is 2. The van der Waals surface area contributed by atoms with Crippen molar-refractivity contribution in [1.29, 1.82) is 0 Å². The van der Waals surface area contributed by atoms with Crippen LogP contribution in [0, 0.1) is 0 Å². The van der Waals surface area contributed by atoms with Crippen LogP contribution in [0.25, 0.3) is 10.8 Å². The number of ether oxygens (including phenoxy) is 2. The van der Waals surface area contributed by atoms with Gasteiger partial charge < -0.3 is 19.7 Å². The zero-order valence-electron chi connectivity index (χ0n) is 9.95. The molecule has 0 saturated carbocycles. The largest absolute Gasteiger partial charge is 0.462 e. The molecule has 2 N–H and O–H groups in total. The molecular weight excluding hydrogens is 232 g/mol. The molecule has 1 unspecified atom stereocenters. The Labute approximate surface area is 105 Å². The third-order valence-electron chi connectivity index (χ3n) is 2.51. The van der Waals surface area contributed by atoms with Gasteiger partial charge in [0, 0.05) is 5.39 Å². The monoisotopic (exact) mass is 248 g/mol. The molecule has 0 aliphatic rings. The predicted molar refractivity (Wildman–Crippen MR) is 68.5 cm³/mol. The molecule has 0 saturated heterocycles. The van der Waals surface area contributed by atoms with Crippen LogP contribution >= 0.6 is 0 Å². The summed E-state index contributed by atoms with van der Waals surface area (Å²) in [4.78, 5) is 0. The van der Waals surface area contributed by atoms with Gasteiger partial charge in [0.05, 0.1) is 13.2 Å². The number of fused-ring (bicyclic) bond motifs is 1. The van der Waals surface area contributed by atoms with E-state index in [1.807, 2.05) is 36.4 Å². The van der Waals surface area contributed by atoms with Gasteiger partial charge >= 0.3 is 0 Å². The van der Waals surface area contributed by atoms with E-state index in [0.717, 1.165) is 10.8 Å². The van der Waals surface area contributed by atoms with E-state index in [9.17, 15) is 5.11 Å². The van der Waals surface area contributed by atoms with Crippen molar-refractivity contribution in [1.82, 2.24) is 0 Å². The first-order chi connectivity index (χ1) is 8.81. The van der Waals surface area contributed by atoms with Crippen LogP contribution in [0.2, 0.25) is 0 Å². The lowest BCUT2D eigenvalue weighted by Crippen LogP contribution is -2.23. The molecule has 96 valence electrons. The lowest BCUT2D eigenvalue weighted by Gasteiger charge is -2.15. The summed E-state index contributed by atoms with van der Waals surface area (Å²) in [6.07, 6.45) is -1.04. The quantitative estimate of drug-likeness (QED) is 0.601. The molecule has 2 aromatic carbocycles. The molecule has 18 heavy (non-hydrogen) atoms. The van der Waals surface area contributed by atoms with Crippen molar-refractivity contribution in [3.63, 3.8) is 0 Å². The summed E-state index contributed by atoms with van der Waals surface area (Å²) < 4.78 is 10.4. The predicted octanol–water partition coefficient (Wildman–Crippen LogP) is 1.55. The van der Waals surface area contributed by atoms with Gasteiger partial charge in [0.1, 0.15) is 12.4 Å². The van der Waals surface area contributed by atoms with E-state index >= 15 is 0 Å². The maximum atomic E-state index is 9.66. The molecule has 0 aromatic heterocycles. The van der Waals surface area contributed by atoms with Gasteiger partial charge in [-0.15, -0.1) is 0 Å². The van der Waals surface area contributed by atoms with Gasteiger partial charge in [0.15, 0.2) is 0 Å². The molecule has 1 atom stereocenters. The summed E-state index contributed by atoms with van der Waals surface area (Å²) in [5.41, 5.74) is 0. The Morgan fingerprint density at radius 1 is 1.06 bits per heavy atom. The third kappa shape index (κ3) is 3.20. The average molecular weight is 248 g/mol. The van der Waals surface area contributed by atoms with E-state index in [1.54, 1.807) is 6.07 Å². The lowest BCUT2D eigenvalue weighted by atomic mass is 10.1. The average Bonchev–Trinajstić information content (AvgIpc) is 2.39. The van der Waals surface area contributed by atoms with Gasteiger partial charge in [0.2, 0.25) is 6.29 Å². The van der Waals surface area contributed by atoms with Crippen LogP contribution in [-0.4, -0.2) is 36.3 Å². The molecule has 0 aliphatic carbocycles. The SMILES string of the molecule is OCCOCC(O)Oc1cccc2ccccc12. The second kappa shape index (κ2) is 6.35. The standard InChI is InChI=1S/C14H16O4/c15-8-9-17-10-14(16)18-13-7-3-5-11-4-1-2-6-12(11)13/h1-7,14-16H,8-10H2. The Morgan fingerprint density at radius 2 is 1.83 bits per heavy atom. The first kappa shape index (κ1) is 12.8. The van der Waals surface area contributed by atoms with Crippen LogP contribution in [0.15, 0.2) is 42.5 Å². The molecule has 4 heteroatoms. The second-order valence-electron chi connectivity index (χ2n) is 3.85. The van der Waals surface area contributed by atoms with Gasteiger partial charge in [0.25, 0.3) is 0 Å². The van der Waals surface area contributed by atoms with Crippen LogP contribution in [0.3, 0.4) is 0 Å². The molecule has 4 nitrogen and oxygen atoms in total. The van der Waals surface area contributed by atoms with Crippen molar-refractivity contribution in [2.45, 2.75) is 6.29 Å². The van der Waals surface area contributed by atoms with E-state index < -0.39 is 6.29 Å². The van der Waals surface area contributed by atoms with E-state index in [-0.39, 0.29) is 19.8 Å². The summed E-state index contributed by atoms with van der Waals surface area (Å²) in [6.45, 7) is 0.153. The normalized spacial score (nSPS) is 12.6. The number of hydrogen-bond donors (Lipinski definition) is 2. The van der Waals surface area contributed by atoms with Crippen LogP contribution < -0.4 is 4.74 Å². The van der Waals surface area contributed by atoms with Gasteiger partial charge in [-0.25, -0.2) is 0 Å². The molecule has 2 rings (SSSR count). The van der Waals surface area contributed by atoms with Crippen molar-refractivity contribution in [2.24, 2.45) is 0 Å². The Balaban J connectivity index is 2.07. The van der Waals surface area contributed by atoms with Crippen LogP contribution in [0.4, 0.5) is 0 Å². The minimum absolute atomic E-state index is 0.0315. The third-order valence-corrected chi connectivity index (χ3v) is 2.51. The first-order valence-corrected chi connectivity index (χ1v) is 5.82. The number of rotatable bonds is 6. The zero-order chi connectivity index (χ0) is 12.8. The highest BCUT2D eigenvalue weighted by molar-refractivity contribution is 5.88. The Morgan fingerprint density at radius 3 is 2.67 bits per heavy atom. The van der Waals surface area contributed by atoms with Crippen molar-refractivity contribution in [3.05, 3.63) is 42.5 Å². The van der Waals surface area contributed by atoms with Crippen LogP contribution in [-0.2, 0) is 4.74 Å².